The Bertz CT molecular complexity index is 56.9. The maximum atomic E-state index is 9.25. The zero-order chi connectivity index (χ0) is 4.99. The van der Waals surface area contributed by atoms with Crippen LogP contribution in [0.3, 0.4) is 0 Å². The van der Waals surface area contributed by atoms with E-state index in [1.54, 1.807) is 0 Å². The van der Waals surface area contributed by atoms with Crippen molar-refractivity contribution in [2.75, 3.05) is 6.26 Å². The van der Waals surface area contributed by atoms with Crippen molar-refractivity contribution >= 4 is 18.2 Å². The molecule has 0 aliphatic heterocycles. The third-order valence-corrected chi connectivity index (χ3v) is 0.454. The Morgan fingerprint density at radius 2 is 2.29 bits per heavy atom. The third kappa shape index (κ3) is 10.8. The van der Waals surface area contributed by atoms with Gasteiger partial charge in [-0.25, -0.2) is 0 Å². The van der Waals surface area contributed by atoms with Gasteiger partial charge in [0.2, 0.25) is 0 Å². The van der Waals surface area contributed by atoms with Crippen LogP contribution in [-0.4, -0.2) is 12.4 Å². The van der Waals surface area contributed by atoms with Crippen molar-refractivity contribution in [2.24, 2.45) is 0 Å². The van der Waals surface area contributed by atoms with E-state index in [-0.39, 0.29) is 29.6 Å². The van der Waals surface area contributed by atoms with Crippen molar-refractivity contribution in [3.63, 3.8) is 0 Å². The second-order valence-corrected chi connectivity index (χ2v) is 1.00. The number of rotatable bonds is 1. The van der Waals surface area contributed by atoms with E-state index in [2.05, 4.69) is 4.18 Å². The standard InChI is InChI=1S/C2H4O3S.Na/c1-6-5-2(3)4;/h1H3,(H,3,4);/q;+1/p-1. The molecule has 3 nitrogen and oxygen atoms in total. The zero-order valence-corrected chi connectivity index (χ0v) is 6.95. The van der Waals surface area contributed by atoms with Crippen LogP contribution in [0, 0.1) is 0 Å². The monoisotopic (exact) mass is 130 g/mol. The van der Waals surface area contributed by atoms with Crippen LogP contribution in [0.25, 0.3) is 0 Å². The second-order valence-electron chi connectivity index (χ2n) is 0.500. The molecule has 0 rings (SSSR count). The summed E-state index contributed by atoms with van der Waals surface area (Å²) in [5.74, 6) is 0. The summed E-state index contributed by atoms with van der Waals surface area (Å²) in [6.07, 6.45) is -0.00185. The predicted molar refractivity (Wildman–Crippen MR) is 20.0 cm³/mol. The van der Waals surface area contributed by atoms with Gasteiger partial charge in [-0.05, 0) is 12.0 Å². The summed E-state index contributed by atoms with van der Waals surface area (Å²) >= 11 is 0.748. The van der Waals surface area contributed by atoms with Crippen LogP contribution in [0.15, 0.2) is 0 Å². The van der Waals surface area contributed by atoms with Crippen LogP contribution in [0.1, 0.15) is 0 Å². The first-order chi connectivity index (χ1) is 2.77. The molecule has 0 aliphatic rings. The third-order valence-electron chi connectivity index (χ3n) is 0.151. The van der Waals surface area contributed by atoms with Gasteiger partial charge in [0.1, 0.15) is 0 Å². The van der Waals surface area contributed by atoms with Gasteiger partial charge >= 0.3 is 29.6 Å². The molecule has 0 aromatic heterocycles. The summed E-state index contributed by atoms with van der Waals surface area (Å²) in [5, 5.41) is 9.25. The molecule has 0 radical (unpaired) electrons. The minimum absolute atomic E-state index is 0. The molecule has 0 unspecified atom stereocenters. The maximum absolute atomic E-state index is 9.25. The molecule has 0 heterocycles. The van der Waals surface area contributed by atoms with E-state index in [1.807, 2.05) is 0 Å². The van der Waals surface area contributed by atoms with Crippen molar-refractivity contribution in [1.29, 1.82) is 0 Å². The van der Waals surface area contributed by atoms with Crippen LogP contribution < -0.4 is 34.7 Å². The molecule has 0 amide bonds. The fraction of sp³-hybridized carbons (Fsp3) is 0.500. The van der Waals surface area contributed by atoms with Gasteiger partial charge in [-0.2, -0.15) is 0 Å². The molecule has 0 spiro atoms. The number of carbonyl (C=O) groups excluding carboxylic acids is 1. The molecule has 0 saturated carbocycles. The Labute approximate surface area is 67.9 Å². The molecular formula is C2H3NaO3S. The van der Waals surface area contributed by atoms with E-state index in [0.717, 1.165) is 12.0 Å². The van der Waals surface area contributed by atoms with E-state index < -0.39 is 6.16 Å². The Kier molecular flexibility index (Phi) is 10.00. The van der Waals surface area contributed by atoms with Gasteiger partial charge in [-0.1, -0.05) is 0 Å². The van der Waals surface area contributed by atoms with Crippen LogP contribution in [0.4, 0.5) is 4.79 Å². The van der Waals surface area contributed by atoms with Crippen molar-refractivity contribution in [2.45, 2.75) is 0 Å². The molecule has 7 heavy (non-hydrogen) atoms. The second kappa shape index (κ2) is 6.62. The first-order valence-corrected chi connectivity index (χ1v) is 2.34. The number of hydrogen-bond donors (Lipinski definition) is 0. The zero-order valence-electron chi connectivity index (χ0n) is 4.13. The Morgan fingerprint density at radius 3 is 2.29 bits per heavy atom. The van der Waals surface area contributed by atoms with Gasteiger partial charge < -0.3 is 14.1 Å². The minimum Gasteiger partial charge on any atom is -0.483 e. The first kappa shape index (κ1) is 10.6. The number of carboxylic acid groups (broad SMARTS) is 1. The molecule has 0 N–H and O–H groups in total. The summed E-state index contributed by atoms with van der Waals surface area (Å²) in [5.41, 5.74) is 0. The molecule has 0 aromatic carbocycles. The quantitative estimate of drug-likeness (QED) is 0.274. The van der Waals surface area contributed by atoms with Gasteiger partial charge in [0.15, 0.2) is 0 Å². The van der Waals surface area contributed by atoms with Gasteiger partial charge in [0, 0.05) is 6.26 Å². The molecular weight excluding hydrogens is 127 g/mol. The molecule has 0 aliphatic carbocycles. The minimum atomic E-state index is -1.50. The average molecular weight is 130 g/mol. The molecule has 0 atom stereocenters. The molecule has 0 fully saturated rings. The molecule has 0 saturated heterocycles. The summed E-state index contributed by atoms with van der Waals surface area (Å²) in [6, 6.07) is 0. The average Bonchev–Trinajstić information content (AvgIpc) is 1.35. The first-order valence-electron chi connectivity index (χ1n) is 1.19. The summed E-state index contributed by atoms with van der Waals surface area (Å²) in [4.78, 5) is 9.25. The van der Waals surface area contributed by atoms with E-state index in [9.17, 15) is 9.90 Å². The Hall–Kier alpha value is 0.620. The maximum Gasteiger partial charge on any atom is 1.00 e. The van der Waals surface area contributed by atoms with Gasteiger partial charge in [0.25, 0.3) is 6.16 Å². The van der Waals surface area contributed by atoms with Crippen molar-refractivity contribution < 1.29 is 43.6 Å². The van der Waals surface area contributed by atoms with Crippen LogP contribution >= 0.6 is 12.0 Å². The summed E-state index contributed by atoms with van der Waals surface area (Å²) in [7, 11) is 0. The van der Waals surface area contributed by atoms with E-state index >= 15 is 0 Å². The molecule has 5 heteroatoms. The molecule has 0 aromatic rings. The SMILES string of the molecule is CSOC(=O)[O-].[Na+]. The Balaban J connectivity index is 0. The smallest absolute Gasteiger partial charge is 0.483 e. The van der Waals surface area contributed by atoms with E-state index in [4.69, 9.17) is 0 Å². The van der Waals surface area contributed by atoms with Crippen molar-refractivity contribution in [3.8, 4) is 0 Å². The van der Waals surface area contributed by atoms with Gasteiger partial charge in [-0.3, -0.25) is 0 Å². The predicted octanol–water partition coefficient (Wildman–Crippen LogP) is -3.37. The van der Waals surface area contributed by atoms with Crippen LogP contribution in [-0.2, 0) is 4.18 Å². The van der Waals surface area contributed by atoms with Gasteiger partial charge in [-0.15, -0.1) is 0 Å². The Morgan fingerprint density at radius 1 is 1.86 bits per heavy atom. The number of hydrogen-bond acceptors (Lipinski definition) is 4. The normalized spacial score (nSPS) is 6.43. The fourth-order valence-electron chi connectivity index (χ4n) is 0.0680. The van der Waals surface area contributed by atoms with Crippen molar-refractivity contribution in [1.82, 2.24) is 0 Å². The molecule has 36 valence electrons. The molecule has 0 bridgehead atoms. The van der Waals surface area contributed by atoms with E-state index in [0.29, 0.717) is 0 Å². The van der Waals surface area contributed by atoms with Gasteiger partial charge in [0.05, 0.1) is 0 Å². The van der Waals surface area contributed by atoms with E-state index in [1.165, 1.54) is 6.26 Å². The van der Waals surface area contributed by atoms with Crippen LogP contribution in [0.5, 0.6) is 0 Å². The summed E-state index contributed by atoms with van der Waals surface area (Å²) < 4.78 is 3.76. The fourth-order valence-corrected chi connectivity index (χ4v) is 0.204. The topological polar surface area (TPSA) is 49.4 Å². The number of carbonyl (C=O) groups is 1. The summed E-state index contributed by atoms with van der Waals surface area (Å²) in [6.45, 7) is 0. The largest absolute Gasteiger partial charge is 1.00 e. The van der Waals surface area contributed by atoms with Crippen LogP contribution in [0.2, 0.25) is 0 Å². The van der Waals surface area contributed by atoms with Crippen molar-refractivity contribution in [3.05, 3.63) is 0 Å².